The number of fused-ring (bicyclic) bond motifs is 3. The fraction of sp³-hybridized carbons (Fsp3) is 0.588. The number of aromatic nitrogens is 2. The summed E-state index contributed by atoms with van der Waals surface area (Å²) in [5.41, 5.74) is 1.15. The van der Waals surface area contributed by atoms with Crippen LogP contribution in [0.1, 0.15) is 44.6 Å². The third-order valence-electron chi connectivity index (χ3n) is 4.23. The predicted molar refractivity (Wildman–Crippen MR) is 93.8 cm³/mol. The van der Waals surface area contributed by atoms with Gasteiger partial charge in [0.15, 0.2) is 0 Å². The number of ketones is 1. The van der Waals surface area contributed by atoms with Crippen LogP contribution in [0.3, 0.4) is 0 Å². The number of rotatable bonds is 3. The zero-order valence-electron chi connectivity index (χ0n) is 13.6. The van der Waals surface area contributed by atoms with Crippen LogP contribution in [0.25, 0.3) is 10.2 Å². The number of thiophene rings is 1. The van der Waals surface area contributed by atoms with Gasteiger partial charge in [-0.25, -0.2) is 9.97 Å². The van der Waals surface area contributed by atoms with Gasteiger partial charge in [-0.2, -0.15) is 0 Å². The highest BCUT2D eigenvalue weighted by Gasteiger charge is 2.25. The molecule has 2 heterocycles. The van der Waals surface area contributed by atoms with E-state index in [-0.39, 0.29) is 11.2 Å². The van der Waals surface area contributed by atoms with Crippen LogP contribution in [-0.4, -0.2) is 21.5 Å². The SMILES string of the molecule is C[C@@H]1CCc2c(sc3ncnc(SCC(=O)C(C)(C)C)c23)C1. The molecule has 1 atom stereocenters. The van der Waals surface area contributed by atoms with E-state index in [1.165, 1.54) is 22.2 Å². The summed E-state index contributed by atoms with van der Waals surface area (Å²) >= 11 is 3.38. The topological polar surface area (TPSA) is 42.9 Å². The molecule has 2 aromatic heterocycles. The number of hydrogen-bond acceptors (Lipinski definition) is 5. The van der Waals surface area contributed by atoms with E-state index < -0.39 is 0 Å². The maximum Gasteiger partial charge on any atom is 0.148 e. The molecule has 0 amide bonds. The van der Waals surface area contributed by atoms with Crippen molar-refractivity contribution in [1.29, 1.82) is 0 Å². The molecule has 2 aromatic rings. The Morgan fingerprint density at radius 2 is 2.18 bits per heavy atom. The van der Waals surface area contributed by atoms with E-state index in [0.29, 0.717) is 5.75 Å². The first-order valence-electron chi connectivity index (χ1n) is 7.77. The van der Waals surface area contributed by atoms with Crippen molar-refractivity contribution in [3.63, 3.8) is 0 Å². The molecule has 0 radical (unpaired) electrons. The standard InChI is InChI=1S/C17H22N2OS2/c1-10-5-6-11-12(7-10)22-16-14(11)15(18-9-19-16)21-8-13(20)17(2,3)4/h9-10H,5-8H2,1-4H3/t10-/m1/s1. The third-order valence-corrected chi connectivity index (χ3v) is 6.39. The molecule has 0 spiro atoms. The van der Waals surface area contributed by atoms with E-state index in [1.54, 1.807) is 18.1 Å². The number of carbonyl (C=O) groups excluding carboxylic acids is 1. The van der Waals surface area contributed by atoms with Gasteiger partial charge in [0.1, 0.15) is 22.0 Å². The zero-order valence-corrected chi connectivity index (χ0v) is 15.2. The fourth-order valence-corrected chi connectivity index (χ4v) is 5.31. The predicted octanol–water partition coefficient (Wildman–Crippen LogP) is 4.52. The molecule has 5 heteroatoms. The lowest BCUT2D eigenvalue weighted by Gasteiger charge is -2.18. The van der Waals surface area contributed by atoms with Crippen molar-refractivity contribution in [2.75, 3.05) is 5.75 Å². The zero-order chi connectivity index (χ0) is 15.9. The smallest absolute Gasteiger partial charge is 0.148 e. The quantitative estimate of drug-likeness (QED) is 0.611. The van der Waals surface area contributed by atoms with Gasteiger partial charge in [-0.05, 0) is 30.7 Å². The molecule has 0 saturated carbocycles. The third kappa shape index (κ3) is 3.06. The molecule has 0 unspecified atom stereocenters. The molecule has 0 fully saturated rings. The highest BCUT2D eigenvalue weighted by molar-refractivity contribution is 8.00. The Morgan fingerprint density at radius 1 is 1.41 bits per heavy atom. The highest BCUT2D eigenvalue weighted by Crippen LogP contribution is 2.40. The van der Waals surface area contributed by atoms with Crippen LogP contribution in [0, 0.1) is 11.3 Å². The second-order valence-electron chi connectivity index (χ2n) is 7.17. The second-order valence-corrected chi connectivity index (χ2v) is 9.22. The molecule has 3 nitrogen and oxygen atoms in total. The summed E-state index contributed by atoms with van der Waals surface area (Å²) in [5.74, 6) is 1.51. The second kappa shape index (κ2) is 5.93. The maximum atomic E-state index is 12.2. The van der Waals surface area contributed by atoms with Gasteiger partial charge in [0, 0.05) is 15.7 Å². The van der Waals surface area contributed by atoms with Gasteiger partial charge in [0.25, 0.3) is 0 Å². The Morgan fingerprint density at radius 3 is 2.91 bits per heavy atom. The van der Waals surface area contributed by atoms with Gasteiger partial charge in [-0.1, -0.05) is 39.5 Å². The Kier molecular flexibility index (Phi) is 4.29. The molecule has 0 saturated heterocycles. The Balaban J connectivity index is 1.92. The van der Waals surface area contributed by atoms with Crippen LogP contribution in [0.2, 0.25) is 0 Å². The van der Waals surface area contributed by atoms with Crippen molar-refractivity contribution >= 4 is 39.1 Å². The van der Waals surface area contributed by atoms with E-state index in [0.717, 1.165) is 28.6 Å². The molecule has 22 heavy (non-hydrogen) atoms. The average molecular weight is 335 g/mol. The van der Waals surface area contributed by atoms with E-state index >= 15 is 0 Å². The number of Topliss-reactive ketones (excluding diaryl/α,β-unsaturated/α-hetero) is 1. The number of carbonyl (C=O) groups is 1. The summed E-state index contributed by atoms with van der Waals surface area (Å²) in [6, 6.07) is 0. The van der Waals surface area contributed by atoms with Gasteiger partial charge in [0.2, 0.25) is 0 Å². The Hall–Kier alpha value is -0.940. The summed E-state index contributed by atoms with van der Waals surface area (Å²) in [4.78, 5) is 23.7. The summed E-state index contributed by atoms with van der Waals surface area (Å²) < 4.78 is 0. The van der Waals surface area contributed by atoms with Gasteiger partial charge in [0.05, 0.1) is 5.75 Å². The monoisotopic (exact) mass is 334 g/mol. The molecule has 3 rings (SSSR count). The maximum absolute atomic E-state index is 12.2. The van der Waals surface area contributed by atoms with Crippen molar-refractivity contribution in [2.45, 2.75) is 52.0 Å². The largest absolute Gasteiger partial charge is 0.298 e. The van der Waals surface area contributed by atoms with Gasteiger partial charge >= 0.3 is 0 Å². The van der Waals surface area contributed by atoms with Crippen molar-refractivity contribution in [3.05, 3.63) is 16.8 Å². The minimum Gasteiger partial charge on any atom is -0.298 e. The van der Waals surface area contributed by atoms with Crippen molar-refractivity contribution in [2.24, 2.45) is 11.3 Å². The molecule has 0 aromatic carbocycles. The normalized spacial score (nSPS) is 18.5. The van der Waals surface area contributed by atoms with E-state index in [2.05, 4.69) is 16.9 Å². The van der Waals surface area contributed by atoms with Crippen molar-refractivity contribution < 1.29 is 4.79 Å². The number of hydrogen-bond donors (Lipinski definition) is 0. The number of aryl methyl sites for hydroxylation is 1. The number of nitrogens with zero attached hydrogens (tertiary/aromatic N) is 2. The first-order chi connectivity index (χ1) is 10.4. The van der Waals surface area contributed by atoms with Gasteiger partial charge in [-0.15, -0.1) is 11.3 Å². The molecular formula is C17H22N2OS2. The molecule has 1 aliphatic rings. The molecule has 1 aliphatic carbocycles. The minimum atomic E-state index is -0.289. The highest BCUT2D eigenvalue weighted by atomic mass is 32.2. The van der Waals surface area contributed by atoms with Crippen LogP contribution in [0.4, 0.5) is 0 Å². The minimum absolute atomic E-state index is 0.266. The van der Waals surface area contributed by atoms with Gasteiger partial charge in [-0.3, -0.25) is 4.79 Å². The van der Waals surface area contributed by atoms with Crippen LogP contribution < -0.4 is 0 Å². The van der Waals surface area contributed by atoms with Crippen molar-refractivity contribution in [1.82, 2.24) is 9.97 Å². The molecule has 0 N–H and O–H groups in total. The van der Waals surface area contributed by atoms with E-state index in [4.69, 9.17) is 0 Å². The van der Waals surface area contributed by atoms with Crippen molar-refractivity contribution in [3.8, 4) is 0 Å². The van der Waals surface area contributed by atoms with Gasteiger partial charge < -0.3 is 0 Å². The Labute approximate surface area is 139 Å². The fourth-order valence-electron chi connectivity index (χ4n) is 2.71. The summed E-state index contributed by atoms with van der Waals surface area (Å²) in [6.07, 6.45) is 5.14. The summed E-state index contributed by atoms with van der Waals surface area (Å²) in [6.45, 7) is 8.23. The van der Waals surface area contributed by atoms with Crippen LogP contribution in [0.5, 0.6) is 0 Å². The average Bonchev–Trinajstić information content (AvgIpc) is 2.81. The molecule has 118 valence electrons. The van der Waals surface area contributed by atoms with E-state index in [9.17, 15) is 4.79 Å². The lowest BCUT2D eigenvalue weighted by atomic mass is 9.89. The summed E-state index contributed by atoms with van der Waals surface area (Å²) in [5, 5.41) is 2.19. The number of thioether (sulfide) groups is 1. The van der Waals surface area contributed by atoms with Crippen LogP contribution in [-0.2, 0) is 17.6 Å². The molecule has 0 bridgehead atoms. The lowest BCUT2D eigenvalue weighted by molar-refractivity contribution is -0.123. The molecular weight excluding hydrogens is 312 g/mol. The van der Waals surface area contributed by atoms with Crippen LogP contribution >= 0.6 is 23.1 Å². The summed E-state index contributed by atoms with van der Waals surface area (Å²) in [7, 11) is 0. The Bertz CT molecular complexity index is 715. The van der Waals surface area contributed by atoms with Crippen LogP contribution in [0.15, 0.2) is 11.4 Å². The first-order valence-corrected chi connectivity index (χ1v) is 9.58. The molecule has 0 aliphatic heterocycles. The van der Waals surface area contributed by atoms with E-state index in [1.807, 2.05) is 32.1 Å². The lowest BCUT2D eigenvalue weighted by Crippen LogP contribution is -2.22. The first kappa shape index (κ1) is 15.9.